The van der Waals surface area contributed by atoms with Crippen molar-refractivity contribution in [3.63, 3.8) is 0 Å². The zero-order valence-electron chi connectivity index (χ0n) is 7.96. The van der Waals surface area contributed by atoms with Crippen molar-refractivity contribution in [2.24, 2.45) is 4.99 Å². The zero-order valence-corrected chi connectivity index (χ0v) is 10.3. The van der Waals surface area contributed by atoms with Crippen LogP contribution in [0.4, 0.5) is 18.9 Å². The summed E-state index contributed by atoms with van der Waals surface area (Å²) < 4.78 is 41.6. The fraction of sp³-hybridized carbons (Fsp3) is 0.222. The zero-order chi connectivity index (χ0) is 13.1. The summed E-state index contributed by atoms with van der Waals surface area (Å²) in [5, 5.41) is 0. The third kappa shape index (κ3) is 3.73. The molecule has 1 atom stereocenters. The van der Waals surface area contributed by atoms with Crippen LogP contribution in [-0.2, 0) is 4.79 Å². The molecule has 3 nitrogen and oxygen atoms in total. The highest BCUT2D eigenvalue weighted by atomic mass is 79.9. The van der Waals surface area contributed by atoms with Crippen LogP contribution in [0.3, 0.4) is 0 Å². The molecule has 0 aromatic heterocycles. The SMILES string of the molecule is O=C=Nc1ccc(OC(F)(F)C(Cl)Br)cc1F. The number of carbonyl (C=O) groups excluding carboxylic acids is 1. The summed E-state index contributed by atoms with van der Waals surface area (Å²) in [7, 11) is 0. The third-order valence-corrected chi connectivity index (χ3v) is 2.38. The number of benzene rings is 1. The minimum atomic E-state index is -3.70. The predicted molar refractivity (Wildman–Crippen MR) is 58.3 cm³/mol. The third-order valence-electron chi connectivity index (χ3n) is 1.59. The Balaban J connectivity index is 2.95. The summed E-state index contributed by atoms with van der Waals surface area (Å²) in [6, 6.07) is 2.69. The number of ether oxygens (including phenoxy) is 1. The van der Waals surface area contributed by atoms with E-state index in [9.17, 15) is 18.0 Å². The average molecular weight is 330 g/mol. The summed E-state index contributed by atoms with van der Waals surface area (Å²) in [6.07, 6.45) is -2.58. The van der Waals surface area contributed by atoms with Crippen molar-refractivity contribution in [3.05, 3.63) is 24.0 Å². The number of halogens is 5. The van der Waals surface area contributed by atoms with Gasteiger partial charge in [0.2, 0.25) is 6.08 Å². The maximum atomic E-state index is 13.2. The number of nitrogens with zero attached hydrogens (tertiary/aromatic N) is 1. The number of alkyl halides is 4. The van der Waals surface area contributed by atoms with Gasteiger partial charge in [-0.25, -0.2) is 9.18 Å². The van der Waals surface area contributed by atoms with Gasteiger partial charge in [-0.15, -0.1) is 0 Å². The molecule has 1 aromatic rings. The molecule has 0 saturated heterocycles. The van der Waals surface area contributed by atoms with Gasteiger partial charge in [0.05, 0.1) is 0 Å². The minimum Gasteiger partial charge on any atom is -0.431 e. The fourth-order valence-electron chi connectivity index (χ4n) is 0.893. The lowest BCUT2D eigenvalue weighted by Gasteiger charge is -2.18. The number of hydrogen-bond donors (Lipinski definition) is 0. The molecule has 1 unspecified atom stereocenters. The van der Waals surface area contributed by atoms with Crippen LogP contribution in [0.1, 0.15) is 0 Å². The van der Waals surface area contributed by atoms with E-state index in [1.54, 1.807) is 0 Å². The standard InChI is InChI=1S/C9H4BrClF3NO2/c10-8(11)9(13,14)17-5-1-2-7(15-4-16)6(12)3-5/h1-3,8H. The molecule has 0 heterocycles. The van der Waals surface area contributed by atoms with Crippen LogP contribution in [-0.4, -0.2) is 16.5 Å². The lowest BCUT2D eigenvalue weighted by molar-refractivity contribution is -0.161. The topological polar surface area (TPSA) is 38.7 Å². The largest absolute Gasteiger partial charge is 0.431 e. The molecule has 17 heavy (non-hydrogen) atoms. The van der Waals surface area contributed by atoms with Gasteiger partial charge in [-0.1, -0.05) is 27.5 Å². The molecule has 0 radical (unpaired) electrons. The van der Waals surface area contributed by atoms with E-state index in [2.05, 4.69) is 25.7 Å². The second-order valence-corrected chi connectivity index (χ2v) is 4.66. The molecular weight excluding hydrogens is 326 g/mol. The van der Waals surface area contributed by atoms with Crippen LogP contribution in [0.25, 0.3) is 0 Å². The summed E-state index contributed by atoms with van der Waals surface area (Å²) in [6.45, 7) is 0. The van der Waals surface area contributed by atoms with Gasteiger partial charge in [-0.2, -0.15) is 13.8 Å². The van der Waals surface area contributed by atoms with Crippen LogP contribution < -0.4 is 4.74 Å². The van der Waals surface area contributed by atoms with Crippen molar-refractivity contribution < 1.29 is 22.7 Å². The highest BCUT2D eigenvalue weighted by Gasteiger charge is 2.39. The van der Waals surface area contributed by atoms with E-state index in [4.69, 9.17) is 11.6 Å². The maximum Gasteiger partial charge on any atom is 0.424 e. The number of rotatable bonds is 4. The first-order valence-electron chi connectivity index (χ1n) is 4.09. The van der Waals surface area contributed by atoms with Gasteiger partial charge < -0.3 is 4.74 Å². The normalized spacial score (nSPS) is 12.8. The molecule has 0 aliphatic rings. The molecule has 1 rings (SSSR count). The Morgan fingerprint density at radius 1 is 1.53 bits per heavy atom. The Kier molecular flexibility index (Phi) is 4.56. The highest BCUT2D eigenvalue weighted by molar-refractivity contribution is 9.10. The van der Waals surface area contributed by atoms with E-state index >= 15 is 0 Å². The molecule has 8 heteroatoms. The average Bonchev–Trinajstić information content (AvgIpc) is 2.21. The van der Waals surface area contributed by atoms with Crippen molar-refractivity contribution in [1.29, 1.82) is 0 Å². The van der Waals surface area contributed by atoms with Gasteiger partial charge in [0.25, 0.3) is 0 Å². The van der Waals surface area contributed by atoms with E-state index in [-0.39, 0.29) is 5.69 Å². The summed E-state index contributed by atoms with van der Waals surface area (Å²) in [4.78, 5) is 12.9. The Labute approximate surface area is 107 Å². The summed E-state index contributed by atoms with van der Waals surface area (Å²) >= 11 is 7.56. The molecule has 0 bridgehead atoms. The van der Waals surface area contributed by atoms with Crippen molar-refractivity contribution in [3.8, 4) is 5.75 Å². The first-order valence-corrected chi connectivity index (χ1v) is 5.44. The van der Waals surface area contributed by atoms with Gasteiger partial charge in [-0.3, -0.25) is 0 Å². The van der Waals surface area contributed by atoms with Crippen molar-refractivity contribution in [2.45, 2.75) is 10.4 Å². The predicted octanol–water partition coefficient (Wildman–Crippen LogP) is 3.72. The van der Waals surface area contributed by atoms with Crippen molar-refractivity contribution >= 4 is 39.3 Å². The molecule has 0 spiro atoms. The van der Waals surface area contributed by atoms with E-state index < -0.39 is 22.0 Å². The van der Waals surface area contributed by atoms with Gasteiger partial charge >= 0.3 is 6.11 Å². The Morgan fingerprint density at radius 2 is 2.18 bits per heavy atom. The molecule has 0 aliphatic heterocycles. The van der Waals surface area contributed by atoms with Crippen LogP contribution in [0.5, 0.6) is 5.75 Å². The lowest BCUT2D eigenvalue weighted by atomic mass is 10.3. The number of hydrogen-bond acceptors (Lipinski definition) is 3. The van der Waals surface area contributed by atoms with Gasteiger partial charge in [0.15, 0.2) is 10.1 Å². The van der Waals surface area contributed by atoms with E-state index in [0.717, 1.165) is 18.2 Å². The Morgan fingerprint density at radius 3 is 2.65 bits per heavy atom. The highest BCUT2D eigenvalue weighted by Crippen LogP contribution is 2.32. The molecule has 0 amide bonds. The quantitative estimate of drug-likeness (QED) is 0.479. The minimum absolute atomic E-state index is 0.322. The second kappa shape index (κ2) is 5.53. The number of aliphatic imine (C=N–C) groups is 1. The fourth-order valence-corrected chi connectivity index (χ4v) is 1.03. The van der Waals surface area contributed by atoms with Crippen LogP contribution in [0.2, 0.25) is 0 Å². The van der Waals surface area contributed by atoms with Crippen LogP contribution >= 0.6 is 27.5 Å². The molecule has 0 N–H and O–H groups in total. The maximum absolute atomic E-state index is 13.2. The first kappa shape index (κ1) is 14.0. The van der Waals surface area contributed by atoms with Crippen LogP contribution in [0, 0.1) is 5.82 Å². The molecule has 92 valence electrons. The number of isocyanates is 1. The summed E-state index contributed by atoms with van der Waals surface area (Å²) in [5.74, 6) is -1.43. The van der Waals surface area contributed by atoms with Gasteiger partial charge in [-0.05, 0) is 12.1 Å². The van der Waals surface area contributed by atoms with Crippen molar-refractivity contribution in [2.75, 3.05) is 0 Å². The molecule has 0 saturated carbocycles. The molecule has 0 aliphatic carbocycles. The Bertz CT molecular complexity index is 464. The van der Waals surface area contributed by atoms with Gasteiger partial charge in [0, 0.05) is 6.07 Å². The van der Waals surface area contributed by atoms with Gasteiger partial charge in [0.1, 0.15) is 11.4 Å². The van der Waals surface area contributed by atoms with E-state index in [1.165, 1.54) is 0 Å². The van der Waals surface area contributed by atoms with Crippen LogP contribution in [0.15, 0.2) is 23.2 Å². The smallest absolute Gasteiger partial charge is 0.424 e. The lowest BCUT2D eigenvalue weighted by Crippen LogP contribution is -2.31. The second-order valence-electron chi connectivity index (χ2n) is 2.78. The van der Waals surface area contributed by atoms with Crippen molar-refractivity contribution in [1.82, 2.24) is 0 Å². The molecular formula is C9H4BrClF3NO2. The monoisotopic (exact) mass is 329 g/mol. The Hall–Kier alpha value is -1.04. The van der Waals surface area contributed by atoms with E-state index in [1.807, 2.05) is 0 Å². The first-order chi connectivity index (χ1) is 7.86. The summed E-state index contributed by atoms with van der Waals surface area (Å²) in [5.41, 5.74) is -0.322. The van der Waals surface area contributed by atoms with E-state index in [0.29, 0.717) is 6.07 Å². The molecule has 1 aromatic carbocycles. The molecule has 0 fully saturated rings.